The zero-order valence-electron chi connectivity index (χ0n) is 17.4. The molecule has 0 saturated carbocycles. The van der Waals surface area contributed by atoms with Crippen molar-refractivity contribution in [1.82, 2.24) is 5.32 Å². The van der Waals surface area contributed by atoms with Crippen LogP contribution >= 0.6 is 11.8 Å². The molecule has 1 amide bonds. The number of halogens is 2. The first-order chi connectivity index (χ1) is 16.1. The zero-order chi connectivity index (χ0) is 22.8. The van der Waals surface area contributed by atoms with Crippen molar-refractivity contribution in [2.75, 3.05) is 0 Å². The summed E-state index contributed by atoms with van der Waals surface area (Å²) in [6.45, 7) is 0.278. The molecule has 0 aromatic heterocycles. The Labute approximate surface area is 194 Å². The quantitative estimate of drug-likeness (QED) is 0.334. The molecule has 0 atom stereocenters. The Morgan fingerprint density at radius 3 is 2.33 bits per heavy atom. The Balaban J connectivity index is 1.50. The fourth-order valence-electron chi connectivity index (χ4n) is 3.63. The van der Waals surface area contributed by atoms with Crippen molar-refractivity contribution < 1.29 is 13.6 Å². The summed E-state index contributed by atoms with van der Waals surface area (Å²) in [6, 6.07) is 25.6. The lowest BCUT2D eigenvalue weighted by Gasteiger charge is -2.09. The van der Waals surface area contributed by atoms with Crippen LogP contribution in [0, 0.1) is 11.6 Å². The van der Waals surface area contributed by atoms with Crippen molar-refractivity contribution in [3.05, 3.63) is 125 Å². The zero-order valence-corrected chi connectivity index (χ0v) is 18.2. The highest BCUT2D eigenvalue weighted by molar-refractivity contribution is 7.99. The average molecular weight is 457 g/mol. The van der Waals surface area contributed by atoms with Crippen LogP contribution in [0.2, 0.25) is 0 Å². The van der Waals surface area contributed by atoms with Crippen LogP contribution in [0.3, 0.4) is 0 Å². The van der Waals surface area contributed by atoms with E-state index in [1.165, 1.54) is 30.0 Å². The van der Waals surface area contributed by atoms with Crippen molar-refractivity contribution in [2.45, 2.75) is 16.3 Å². The van der Waals surface area contributed by atoms with Gasteiger partial charge in [-0.2, -0.15) is 0 Å². The van der Waals surface area contributed by atoms with Crippen molar-refractivity contribution >= 4 is 29.1 Å². The van der Waals surface area contributed by atoms with Crippen LogP contribution in [0.1, 0.15) is 27.0 Å². The fourth-order valence-corrected chi connectivity index (χ4v) is 4.63. The maximum absolute atomic E-state index is 14.7. The van der Waals surface area contributed by atoms with E-state index in [1.807, 2.05) is 30.3 Å². The minimum absolute atomic E-state index is 0.267. The van der Waals surface area contributed by atoms with Gasteiger partial charge in [0.25, 0.3) is 5.91 Å². The SMILES string of the molecule is O=C(NCc1ccc(F)cc1)c1ccc2c(c1)N=C(c1ccccc1F)c1ccccc1S2. The topological polar surface area (TPSA) is 41.5 Å². The van der Waals surface area contributed by atoms with E-state index in [4.69, 9.17) is 4.99 Å². The summed E-state index contributed by atoms with van der Waals surface area (Å²) in [5.41, 5.74) is 3.61. The third kappa shape index (κ3) is 4.43. The predicted molar refractivity (Wildman–Crippen MR) is 126 cm³/mol. The summed E-state index contributed by atoms with van der Waals surface area (Å²) in [5.74, 6) is -0.943. The second-order valence-electron chi connectivity index (χ2n) is 7.53. The average Bonchev–Trinajstić information content (AvgIpc) is 3.00. The van der Waals surface area contributed by atoms with Gasteiger partial charge in [0.2, 0.25) is 0 Å². The van der Waals surface area contributed by atoms with Gasteiger partial charge in [0, 0.05) is 33.0 Å². The Hall–Kier alpha value is -3.77. The number of amides is 1. The van der Waals surface area contributed by atoms with E-state index in [0.717, 1.165) is 20.9 Å². The lowest BCUT2D eigenvalue weighted by atomic mass is 10.0. The molecule has 0 fully saturated rings. The highest BCUT2D eigenvalue weighted by atomic mass is 32.2. The van der Waals surface area contributed by atoms with Crippen LogP contribution < -0.4 is 5.32 Å². The first-order valence-electron chi connectivity index (χ1n) is 10.4. The first kappa shape index (κ1) is 21.1. The number of nitrogens with zero attached hydrogens (tertiary/aromatic N) is 1. The number of rotatable bonds is 4. The smallest absolute Gasteiger partial charge is 0.251 e. The predicted octanol–water partition coefficient (Wildman–Crippen LogP) is 6.53. The number of benzene rings is 4. The molecule has 1 aliphatic rings. The highest BCUT2D eigenvalue weighted by Gasteiger charge is 2.21. The molecule has 3 nitrogen and oxygen atoms in total. The lowest BCUT2D eigenvalue weighted by molar-refractivity contribution is 0.0951. The molecule has 5 rings (SSSR count). The van der Waals surface area contributed by atoms with E-state index in [-0.39, 0.29) is 24.1 Å². The van der Waals surface area contributed by atoms with Crippen LogP contribution in [-0.4, -0.2) is 11.6 Å². The van der Waals surface area contributed by atoms with Gasteiger partial charge in [0.05, 0.1) is 11.4 Å². The Bertz CT molecular complexity index is 1380. The summed E-state index contributed by atoms with van der Waals surface area (Å²) < 4.78 is 27.8. The molecule has 0 bridgehead atoms. The number of carbonyl (C=O) groups excluding carboxylic acids is 1. The lowest BCUT2D eigenvalue weighted by Crippen LogP contribution is -2.22. The Morgan fingerprint density at radius 2 is 1.55 bits per heavy atom. The van der Waals surface area contributed by atoms with Crippen molar-refractivity contribution in [1.29, 1.82) is 0 Å². The fraction of sp³-hybridized carbons (Fsp3) is 0.0370. The standard InChI is InChI=1S/C27H18F2N2OS/c28-19-12-9-17(10-13-19)16-30-27(32)18-11-14-25-23(15-18)31-26(20-5-1-3-7-22(20)29)21-6-2-4-8-24(21)33-25/h1-15H,16H2,(H,30,32). The molecule has 33 heavy (non-hydrogen) atoms. The summed E-state index contributed by atoms with van der Waals surface area (Å²) in [4.78, 5) is 19.4. The molecule has 1 N–H and O–H groups in total. The summed E-state index contributed by atoms with van der Waals surface area (Å²) in [5, 5.41) is 2.85. The number of nitrogens with one attached hydrogen (secondary N) is 1. The maximum Gasteiger partial charge on any atom is 0.251 e. The van der Waals surface area contributed by atoms with Gasteiger partial charge in [-0.3, -0.25) is 4.79 Å². The van der Waals surface area contributed by atoms with Crippen LogP contribution in [0.5, 0.6) is 0 Å². The molecule has 4 aromatic carbocycles. The van der Waals surface area contributed by atoms with E-state index >= 15 is 0 Å². The molecule has 0 aliphatic carbocycles. The molecule has 0 saturated heterocycles. The van der Waals surface area contributed by atoms with E-state index in [0.29, 0.717) is 22.5 Å². The molecule has 1 aliphatic heterocycles. The largest absolute Gasteiger partial charge is 0.348 e. The van der Waals surface area contributed by atoms with E-state index in [1.54, 1.807) is 42.5 Å². The monoisotopic (exact) mass is 456 g/mol. The second-order valence-corrected chi connectivity index (χ2v) is 8.61. The van der Waals surface area contributed by atoms with Gasteiger partial charge in [0.15, 0.2) is 0 Å². The number of aliphatic imine (C=N–C) groups is 1. The third-order valence-electron chi connectivity index (χ3n) is 5.31. The van der Waals surface area contributed by atoms with E-state index < -0.39 is 0 Å². The molecule has 0 unspecified atom stereocenters. The van der Waals surface area contributed by atoms with Gasteiger partial charge < -0.3 is 5.32 Å². The van der Waals surface area contributed by atoms with Crippen molar-refractivity contribution in [3.8, 4) is 0 Å². The van der Waals surface area contributed by atoms with Gasteiger partial charge in [-0.15, -0.1) is 0 Å². The highest BCUT2D eigenvalue weighted by Crippen LogP contribution is 2.41. The van der Waals surface area contributed by atoms with Crippen LogP contribution in [0.25, 0.3) is 0 Å². The first-order valence-corrected chi connectivity index (χ1v) is 11.2. The van der Waals surface area contributed by atoms with Crippen molar-refractivity contribution in [3.63, 3.8) is 0 Å². The van der Waals surface area contributed by atoms with Gasteiger partial charge in [-0.25, -0.2) is 13.8 Å². The van der Waals surface area contributed by atoms with Crippen molar-refractivity contribution in [2.24, 2.45) is 4.99 Å². The molecular weight excluding hydrogens is 438 g/mol. The van der Waals surface area contributed by atoms with Crippen LogP contribution in [0.4, 0.5) is 14.5 Å². The molecule has 0 radical (unpaired) electrons. The third-order valence-corrected chi connectivity index (χ3v) is 6.45. The number of hydrogen-bond donors (Lipinski definition) is 1. The van der Waals surface area contributed by atoms with E-state index in [2.05, 4.69) is 5.32 Å². The normalized spacial score (nSPS) is 12.2. The molecule has 1 heterocycles. The van der Waals surface area contributed by atoms with Gasteiger partial charge >= 0.3 is 0 Å². The van der Waals surface area contributed by atoms with Gasteiger partial charge in [-0.05, 0) is 54.1 Å². The molecule has 6 heteroatoms. The Morgan fingerprint density at radius 1 is 0.818 bits per heavy atom. The van der Waals surface area contributed by atoms with E-state index in [9.17, 15) is 13.6 Å². The number of carbonyl (C=O) groups is 1. The molecule has 0 spiro atoms. The van der Waals surface area contributed by atoms with Gasteiger partial charge in [0.1, 0.15) is 11.6 Å². The molecular formula is C27H18F2N2OS. The minimum Gasteiger partial charge on any atom is -0.348 e. The Kier molecular flexibility index (Phi) is 5.75. The maximum atomic E-state index is 14.7. The van der Waals surface area contributed by atoms with Crippen LogP contribution in [-0.2, 0) is 6.54 Å². The van der Waals surface area contributed by atoms with Gasteiger partial charge in [-0.1, -0.05) is 54.2 Å². The second kappa shape index (κ2) is 9.00. The minimum atomic E-state index is -0.354. The molecule has 4 aromatic rings. The number of fused-ring (bicyclic) bond motifs is 2. The van der Waals surface area contributed by atoms with Crippen LogP contribution in [0.15, 0.2) is 106 Å². The summed E-state index contributed by atoms with van der Waals surface area (Å²) in [7, 11) is 0. The summed E-state index contributed by atoms with van der Waals surface area (Å²) in [6.07, 6.45) is 0. The number of hydrogen-bond acceptors (Lipinski definition) is 3. The molecule has 162 valence electrons. The summed E-state index contributed by atoms with van der Waals surface area (Å²) >= 11 is 1.54.